The summed E-state index contributed by atoms with van der Waals surface area (Å²) in [6.07, 6.45) is 0.00866. The van der Waals surface area contributed by atoms with Gasteiger partial charge in [0.1, 0.15) is 0 Å². The Balaban J connectivity index is 2.11. The second kappa shape index (κ2) is 7.53. The number of hydrogen-bond acceptors (Lipinski definition) is 7. The molecule has 7 nitrogen and oxygen atoms in total. The highest BCUT2D eigenvalue weighted by Crippen LogP contribution is 2.21. The van der Waals surface area contributed by atoms with Gasteiger partial charge in [-0.25, -0.2) is 13.4 Å². The van der Waals surface area contributed by atoms with E-state index in [1.54, 1.807) is 24.4 Å². The number of rotatable bonds is 7. The smallest absolute Gasteiger partial charge is 0.311 e. The van der Waals surface area contributed by atoms with Crippen LogP contribution in [0.2, 0.25) is 0 Å². The van der Waals surface area contributed by atoms with Crippen molar-refractivity contribution in [3.05, 3.63) is 40.9 Å². The van der Waals surface area contributed by atoms with Gasteiger partial charge in [-0.15, -0.1) is 11.3 Å². The number of ether oxygens (including phenoxy) is 1. The first kappa shape index (κ1) is 17.4. The molecule has 0 fully saturated rings. The number of thiazole rings is 1. The van der Waals surface area contributed by atoms with Crippen LogP contribution in [-0.2, 0) is 32.5 Å². The Bertz CT molecular complexity index is 787. The average molecular weight is 355 g/mol. The number of benzene rings is 1. The molecule has 0 unspecified atom stereocenters. The molecule has 0 aliphatic carbocycles. The van der Waals surface area contributed by atoms with Crippen molar-refractivity contribution in [1.29, 1.82) is 0 Å². The highest BCUT2D eigenvalue weighted by Gasteiger charge is 2.17. The van der Waals surface area contributed by atoms with Crippen LogP contribution in [0.25, 0.3) is 0 Å². The fourth-order valence-electron chi connectivity index (χ4n) is 1.81. The summed E-state index contributed by atoms with van der Waals surface area (Å²) < 4.78 is 31.9. The highest BCUT2D eigenvalue weighted by molar-refractivity contribution is 7.93. The molecule has 1 heterocycles. The summed E-state index contributed by atoms with van der Waals surface area (Å²) in [5, 5.41) is 1.81. The number of carbonyl (C=O) groups excluding carboxylic acids is 1. The lowest BCUT2D eigenvalue weighted by atomic mass is 10.2. The van der Waals surface area contributed by atoms with Gasteiger partial charge < -0.3 is 10.5 Å². The number of nitrogens with zero attached hydrogens (tertiary/aromatic N) is 1. The molecule has 0 aliphatic heterocycles. The van der Waals surface area contributed by atoms with E-state index >= 15 is 0 Å². The molecule has 9 heteroatoms. The van der Waals surface area contributed by atoms with Gasteiger partial charge in [-0.3, -0.25) is 9.52 Å². The van der Waals surface area contributed by atoms with Crippen LogP contribution in [0.3, 0.4) is 0 Å². The Hall–Kier alpha value is -1.97. The SMILES string of the molecule is CCOC(=O)Cc1csc(NS(=O)(=O)c2cccc(CN)c2)n1. The van der Waals surface area contributed by atoms with E-state index in [2.05, 4.69) is 9.71 Å². The topological polar surface area (TPSA) is 111 Å². The minimum atomic E-state index is -3.75. The lowest BCUT2D eigenvalue weighted by Crippen LogP contribution is -2.14. The van der Waals surface area contributed by atoms with E-state index in [0.717, 1.165) is 16.9 Å². The number of esters is 1. The van der Waals surface area contributed by atoms with Gasteiger partial charge >= 0.3 is 5.97 Å². The zero-order valence-electron chi connectivity index (χ0n) is 12.5. The maximum Gasteiger partial charge on any atom is 0.311 e. The lowest BCUT2D eigenvalue weighted by Gasteiger charge is -2.06. The molecular weight excluding hydrogens is 338 g/mol. The van der Waals surface area contributed by atoms with Gasteiger partial charge in [0.25, 0.3) is 10.0 Å². The van der Waals surface area contributed by atoms with E-state index in [1.165, 1.54) is 12.1 Å². The number of aromatic nitrogens is 1. The fraction of sp³-hybridized carbons (Fsp3) is 0.286. The Morgan fingerprint density at radius 2 is 2.22 bits per heavy atom. The van der Waals surface area contributed by atoms with E-state index in [1.807, 2.05) is 0 Å². The third-order valence-electron chi connectivity index (χ3n) is 2.85. The Morgan fingerprint density at radius 1 is 1.43 bits per heavy atom. The van der Waals surface area contributed by atoms with Crippen LogP contribution < -0.4 is 10.5 Å². The third kappa shape index (κ3) is 4.75. The van der Waals surface area contributed by atoms with Crippen LogP contribution in [0, 0.1) is 0 Å². The molecule has 0 spiro atoms. The zero-order chi connectivity index (χ0) is 16.9. The predicted molar refractivity (Wildman–Crippen MR) is 87.6 cm³/mol. The Kier molecular flexibility index (Phi) is 5.69. The van der Waals surface area contributed by atoms with Gasteiger partial charge in [-0.2, -0.15) is 0 Å². The van der Waals surface area contributed by atoms with E-state index < -0.39 is 16.0 Å². The number of nitrogens with one attached hydrogen (secondary N) is 1. The van der Waals surface area contributed by atoms with Gasteiger partial charge in [0.05, 0.1) is 23.6 Å². The van der Waals surface area contributed by atoms with Crippen molar-refractivity contribution < 1.29 is 17.9 Å². The molecule has 1 aromatic heterocycles. The predicted octanol–water partition coefficient (Wildman–Crippen LogP) is 1.51. The zero-order valence-corrected chi connectivity index (χ0v) is 14.1. The first-order valence-electron chi connectivity index (χ1n) is 6.86. The molecule has 0 atom stereocenters. The highest BCUT2D eigenvalue weighted by atomic mass is 32.2. The lowest BCUT2D eigenvalue weighted by molar-refractivity contribution is -0.142. The summed E-state index contributed by atoms with van der Waals surface area (Å²) in [4.78, 5) is 15.6. The first-order chi connectivity index (χ1) is 10.9. The van der Waals surface area contributed by atoms with E-state index in [0.29, 0.717) is 12.3 Å². The normalized spacial score (nSPS) is 11.2. The van der Waals surface area contributed by atoms with Gasteiger partial charge in [0, 0.05) is 11.9 Å². The molecule has 0 radical (unpaired) electrons. The molecule has 2 rings (SSSR count). The van der Waals surface area contributed by atoms with Crippen LogP contribution in [0.4, 0.5) is 5.13 Å². The minimum absolute atomic E-state index is 0.00866. The maximum atomic E-state index is 12.3. The number of carbonyl (C=O) groups is 1. The standard InChI is InChI=1S/C14H17N3O4S2/c1-2-21-13(18)7-11-9-22-14(16-11)17-23(19,20)12-5-3-4-10(6-12)8-15/h3-6,9H,2,7-8,15H2,1H3,(H,16,17). The van der Waals surface area contributed by atoms with E-state index in [9.17, 15) is 13.2 Å². The fourth-order valence-corrected chi connectivity index (χ4v) is 3.84. The maximum absolute atomic E-state index is 12.3. The van der Waals surface area contributed by atoms with Crippen LogP contribution in [-0.4, -0.2) is 26.0 Å². The van der Waals surface area contributed by atoms with Crippen LogP contribution >= 0.6 is 11.3 Å². The molecule has 23 heavy (non-hydrogen) atoms. The van der Waals surface area contributed by atoms with Gasteiger partial charge in [-0.05, 0) is 24.6 Å². The van der Waals surface area contributed by atoms with Crippen molar-refractivity contribution in [3.8, 4) is 0 Å². The van der Waals surface area contributed by atoms with E-state index in [-0.39, 0.29) is 23.0 Å². The molecule has 2 aromatic rings. The summed E-state index contributed by atoms with van der Waals surface area (Å²) in [5.41, 5.74) is 6.70. The number of sulfonamides is 1. The van der Waals surface area contributed by atoms with Crippen LogP contribution in [0.15, 0.2) is 34.5 Å². The monoisotopic (exact) mass is 355 g/mol. The second-order valence-electron chi connectivity index (χ2n) is 4.58. The van der Waals surface area contributed by atoms with Crippen molar-refractivity contribution in [2.24, 2.45) is 5.73 Å². The molecule has 0 saturated carbocycles. The molecule has 0 amide bonds. The molecule has 1 aromatic carbocycles. The molecule has 0 aliphatic rings. The Morgan fingerprint density at radius 3 is 2.91 bits per heavy atom. The second-order valence-corrected chi connectivity index (χ2v) is 7.12. The number of hydrogen-bond donors (Lipinski definition) is 2. The summed E-state index contributed by atoms with van der Waals surface area (Å²) in [7, 11) is -3.75. The minimum Gasteiger partial charge on any atom is -0.466 e. The summed E-state index contributed by atoms with van der Waals surface area (Å²) in [5.74, 6) is -0.400. The quantitative estimate of drug-likeness (QED) is 0.728. The summed E-state index contributed by atoms with van der Waals surface area (Å²) in [6, 6.07) is 6.37. The average Bonchev–Trinajstić information content (AvgIpc) is 2.93. The summed E-state index contributed by atoms with van der Waals surface area (Å²) in [6.45, 7) is 2.26. The van der Waals surface area contributed by atoms with Crippen LogP contribution in [0.5, 0.6) is 0 Å². The van der Waals surface area contributed by atoms with Gasteiger partial charge in [0.15, 0.2) is 5.13 Å². The van der Waals surface area contributed by atoms with Gasteiger partial charge in [0.2, 0.25) is 0 Å². The molecule has 3 N–H and O–H groups in total. The van der Waals surface area contributed by atoms with E-state index in [4.69, 9.17) is 10.5 Å². The largest absolute Gasteiger partial charge is 0.466 e. The van der Waals surface area contributed by atoms with Crippen molar-refractivity contribution in [3.63, 3.8) is 0 Å². The molecule has 0 saturated heterocycles. The molecule has 124 valence electrons. The first-order valence-corrected chi connectivity index (χ1v) is 9.22. The van der Waals surface area contributed by atoms with Crippen molar-refractivity contribution in [2.75, 3.05) is 11.3 Å². The van der Waals surface area contributed by atoms with Crippen molar-refractivity contribution >= 4 is 32.5 Å². The summed E-state index contributed by atoms with van der Waals surface area (Å²) >= 11 is 1.11. The number of anilines is 1. The molecular formula is C14H17N3O4S2. The van der Waals surface area contributed by atoms with Crippen molar-refractivity contribution in [1.82, 2.24) is 4.98 Å². The number of nitrogens with two attached hydrogens (primary N) is 1. The van der Waals surface area contributed by atoms with Crippen molar-refractivity contribution in [2.45, 2.75) is 24.8 Å². The third-order valence-corrected chi connectivity index (χ3v) is 5.12. The van der Waals surface area contributed by atoms with Gasteiger partial charge in [-0.1, -0.05) is 12.1 Å². The molecule has 0 bridgehead atoms. The van der Waals surface area contributed by atoms with Crippen LogP contribution in [0.1, 0.15) is 18.2 Å². The Labute approximate surface area is 138 Å².